The summed E-state index contributed by atoms with van der Waals surface area (Å²) in [4.78, 5) is 23.0. The summed E-state index contributed by atoms with van der Waals surface area (Å²) in [7, 11) is 0. The van der Waals surface area contributed by atoms with E-state index in [0.717, 1.165) is 4.57 Å². The number of pyridine rings is 1. The van der Waals surface area contributed by atoms with Crippen LogP contribution >= 0.6 is 0 Å². The lowest BCUT2D eigenvalue weighted by Gasteiger charge is -2.15. The molecule has 1 aromatic carbocycles. The van der Waals surface area contributed by atoms with Crippen molar-refractivity contribution < 1.29 is 10.0 Å². The normalized spacial score (nSPS) is 11.0. The molecular formula is C16H15N5O4. The maximum atomic E-state index is 12.6. The van der Waals surface area contributed by atoms with Crippen molar-refractivity contribution in [2.24, 2.45) is 10.2 Å². The predicted octanol–water partition coefficient (Wildman–Crippen LogP) is 3.64. The second-order valence-electron chi connectivity index (χ2n) is 5.50. The Hall–Kier alpha value is -3.54. The molecule has 0 spiro atoms. The number of azo groups is 1. The second-order valence-corrected chi connectivity index (χ2v) is 5.50. The van der Waals surface area contributed by atoms with Crippen LogP contribution in [0, 0.1) is 28.4 Å². The van der Waals surface area contributed by atoms with Crippen LogP contribution in [0.1, 0.15) is 31.0 Å². The molecular weight excluding hydrogens is 326 g/mol. The van der Waals surface area contributed by atoms with Crippen LogP contribution in [-0.4, -0.2) is 14.6 Å². The Morgan fingerprint density at radius 2 is 1.96 bits per heavy atom. The number of aromatic nitrogens is 1. The number of para-hydroxylation sites is 1. The van der Waals surface area contributed by atoms with Crippen molar-refractivity contribution in [1.29, 1.82) is 5.26 Å². The predicted molar refractivity (Wildman–Crippen MR) is 89.5 cm³/mol. The van der Waals surface area contributed by atoms with Gasteiger partial charge in [0.1, 0.15) is 11.6 Å². The zero-order chi connectivity index (χ0) is 18.7. The first-order chi connectivity index (χ1) is 11.8. The van der Waals surface area contributed by atoms with Gasteiger partial charge in [0.2, 0.25) is 5.88 Å². The highest BCUT2D eigenvalue weighted by atomic mass is 16.6. The fraction of sp³-hybridized carbons (Fsp3) is 0.250. The molecule has 0 aliphatic carbocycles. The summed E-state index contributed by atoms with van der Waals surface area (Å²) in [5.74, 6) is -0.440. The number of nitrogens with zero attached hydrogens (tertiary/aromatic N) is 5. The Morgan fingerprint density at radius 3 is 2.52 bits per heavy atom. The lowest BCUT2D eigenvalue weighted by molar-refractivity contribution is -0.384. The molecule has 0 bridgehead atoms. The summed E-state index contributed by atoms with van der Waals surface area (Å²) in [6.07, 6.45) is 0. The Bertz CT molecular complexity index is 970. The summed E-state index contributed by atoms with van der Waals surface area (Å²) < 4.78 is 1.03. The number of benzene rings is 1. The van der Waals surface area contributed by atoms with Gasteiger partial charge in [-0.2, -0.15) is 5.26 Å². The maximum Gasteiger partial charge on any atom is 0.296 e. The molecule has 128 valence electrons. The minimum absolute atomic E-state index is 0.0195. The van der Waals surface area contributed by atoms with Crippen LogP contribution in [0.3, 0.4) is 0 Å². The minimum Gasteiger partial charge on any atom is -0.493 e. The molecule has 9 nitrogen and oxygen atoms in total. The Labute approximate surface area is 142 Å². The van der Waals surface area contributed by atoms with Crippen LogP contribution < -0.4 is 5.56 Å². The largest absolute Gasteiger partial charge is 0.493 e. The monoisotopic (exact) mass is 341 g/mol. The number of aromatic hydroxyl groups is 1. The molecule has 0 aliphatic rings. The SMILES string of the molecule is Cc1c(C#N)c(O)n(C(C)C)c(=O)c1N=Nc1ccccc1[N+](=O)[O-]. The molecule has 1 heterocycles. The summed E-state index contributed by atoms with van der Waals surface area (Å²) in [5.41, 5.74) is -0.997. The first kappa shape index (κ1) is 17.8. The van der Waals surface area contributed by atoms with Gasteiger partial charge in [-0.15, -0.1) is 10.2 Å². The van der Waals surface area contributed by atoms with Crippen molar-refractivity contribution >= 4 is 17.1 Å². The molecule has 1 aromatic heterocycles. The highest BCUT2D eigenvalue weighted by Gasteiger charge is 2.21. The van der Waals surface area contributed by atoms with Gasteiger partial charge in [0, 0.05) is 17.7 Å². The molecule has 0 atom stereocenters. The van der Waals surface area contributed by atoms with Gasteiger partial charge >= 0.3 is 0 Å². The molecule has 0 aliphatic heterocycles. The number of nitriles is 1. The van der Waals surface area contributed by atoms with E-state index in [9.17, 15) is 25.3 Å². The van der Waals surface area contributed by atoms with Gasteiger partial charge < -0.3 is 5.11 Å². The molecule has 0 amide bonds. The van der Waals surface area contributed by atoms with Crippen LogP contribution in [0.5, 0.6) is 5.88 Å². The van der Waals surface area contributed by atoms with Crippen molar-refractivity contribution in [3.63, 3.8) is 0 Å². The van der Waals surface area contributed by atoms with Crippen molar-refractivity contribution in [3.05, 3.63) is 55.9 Å². The van der Waals surface area contributed by atoms with Crippen molar-refractivity contribution in [1.82, 2.24) is 4.57 Å². The van der Waals surface area contributed by atoms with E-state index in [1.165, 1.54) is 25.1 Å². The van der Waals surface area contributed by atoms with Gasteiger partial charge in [0.25, 0.3) is 11.2 Å². The Balaban J connectivity index is 2.70. The van der Waals surface area contributed by atoms with E-state index in [4.69, 9.17) is 0 Å². The molecule has 2 aromatic rings. The first-order valence-electron chi connectivity index (χ1n) is 7.32. The summed E-state index contributed by atoms with van der Waals surface area (Å²) >= 11 is 0. The Morgan fingerprint density at radius 1 is 1.32 bits per heavy atom. The number of nitro groups is 1. The maximum absolute atomic E-state index is 12.6. The third kappa shape index (κ3) is 3.23. The third-order valence-corrected chi connectivity index (χ3v) is 3.57. The van der Waals surface area contributed by atoms with Crippen LogP contribution in [0.4, 0.5) is 17.1 Å². The van der Waals surface area contributed by atoms with Crippen LogP contribution in [-0.2, 0) is 0 Å². The van der Waals surface area contributed by atoms with Gasteiger partial charge in [0.15, 0.2) is 11.4 Å². The van der Waals surface area contributed by atoms with Gasteiger partial charge in [-0.1, -0.05) is 12.1 Å². The average molecular weight is 341 g/mol. The lowest BCUT2D eigenvalue weighted by atomic mass is 10.1. The van der Waals surface area contributed by atoms with Gasteiger partial charge in [-0.05, 0) is 26.8 Å². The fourth-order valence-electron chi connectivity index (χ4n) is 2.31. The highest BCUT2D eigenvalue weighted by Crippen LogP contribution is 2.31. The molecule has 0 saturated heterocycles. The van der Waals surface area contributed by atoms with Crippen LogP contribution in [0.2, 0.25) is 0 Å². The first-order valence-corrected chi connectivity index (χ1v) is 7.32. The average Bonchev–Trinajstić information content (AvgIpc) is 2.54. The fourth-order valence-corrected chi connectivity index (χ4v) is 2.31. The van der Waals surface area contributed by atoms with Gasteiger partial charge in [-0.25, -0.2) is 0 Å². The van der Waals surface area contributed by atoms with E-state index < -0.39 is 22.4 Å². The van der Waals surface area contributed by atoms with E-state index in [1.54, 1.807) is 19.9 Å². The number of rotatable bonds is 4. The summed E-state index contributed by atoms with van der Waals surface area (Å²) in [5, 5.41) is 38.0. The van der Waals surface area contributed by atoms with E-state index in [-0.39, 0.29) is 28.2 Å². The van der Waals surface area contributed by atoms with Crippen molar-refractivity contribution in [3.8, 4) is 11.9 Å². The zero-order valence-electron chi connectivity index (χ0n) is 13.8. The van der Waals surface area contributed by atoms with Gasteiger partial charge in [-0.3, -0.25) is 19.5 Å². The van der Waals surface area contributed by atoms with Crippen LogP contribution in [0.25, 0.3) is 0 Å². The molecule has 2 rings (SSSR count). The molecule has 0 saturated carbocycles. The van der Waals surface area contributed by atoms with E-state index >= 15 is 0 Å². The molecule has 9 heteroatoms. The topological polar surface area (TPSA) is 134 Å². The molecule has 0 fully saturated rings. The number of hydrogen-bond donors (Lipinski definition) is 1. The minimum atomic E-state index is -0.633. The quantitative estimate of drug-likeness (QED) is 0.514. The van der Waals surface area contributed by atoms with E-state index in [0.29, 0.717) is 0 Å². The van der Waals surface area contributed by atoms with E-state index in [2.05, 4.69) is 10.2 Å². The van der Waals surface area contributed by atoms with Gasteiger partial charge in [0.05, 0.1) is 4.92 Å². The van der Waals surface area contributed by atoms with Crippen molar-refractivity contribution in [2.45, 2.75) is 26.8 Å². The smallest absolute Gasteiger partial charge is 0.296 e. The molecule has 1 N–H and O–H groups in total. The summed E-state index contributed by atoms with van der Waals surface area (Å²) in [6, 6.07) is 7.12. The lowest BCUT2D eigenvalue weighted by Crippen LogP contribution is -2.23. The highest BCUT2D eigenvalue weighted by molar-refractivity contribution is 5.59. The third-order valence-electron chi connectivity index (χ3n) is 3.57. The molecule has 0 unspecified atom stereocenters. The zero-order valence-corrected chi connectivity index (χ0v) is 13.8. The van der Waals surface area contributed by atoms with Crippen molar-refractivity contribution in [2.75, 3.05) is 0 Å². The molecule has 25 heavy (non-hydrogen) atoms. The number of nitro benzene ring substituents is 1. The molecule has 0 radical (unpaired) electrons. The summed E-state index contributed by atoms with van der Waals surface area (Å²) in [6.45, 7) is 4.79. The van der Waals surface area contributed by atoms with Crippen LogP contribution in [0.15, 0.2) is 39.3 Å². The van der Waals surface area contributed by atoms with E-state index in [1.807, 2.05) is 6.07 Å². The number of hydrogen-bond acceptors (Lipinski definition) is 7. The Kier molecular flexibility index (Phi) is 4.93. The second kappa shape index (κ2) is 6.92. The standard InChI is InChI=1S/C16H15N5O4/c1-9(2)20-15(22)11(8-17)10(3)14(16(20)23)19-18-12-6-4-5-7-13(12)21(24)25/h4-7,9,22H,1-3H3.